The predicted octanol–water partition coefficient (Wildman–Crippen LogP) is 2.95. The summed E-state index contributed by atoms with van der Waals surface area (Å²) in [6, 6.07) is 10.1. The van der Waals surface area contributed by atoms with Crippen LogP contribution in [0.5, 0.6) is 0 Å². The molecule has 6 nitrogen and oxygen atoms in total. The average molecular weight is 426 g/mol. The lowest BCUT2D eigenvalue weighted by molar-refractivity contribution is 0.0793. The third kappa shape index (κ3) is 4.32. The second-order valence-corrected chi connectivity index (χ2v) is 7.35. The fourth-order valence-corrected chi connectivity index (χ4v) is 4.10. The molecule has 3 aromatic rings. The summed E-state index contributed by atoms with van der Waals surface area (Å²) in [6.07, 6.45) is 5.30. The Balaban J connectivity index is 0.00000131. The number of thiazole rings is 1. The number of nitrogens with zero attached hydrogens (tertiary/aromatic N) is 4. The summed E-state index contributed by atoms with van der Waals surface area (Å²) in [6.45, 7) is 1.21. The molecule has 3 heterocycles. The number of rotatable bonds is 3. The Bertz CT molecular complexity index is 898. The molecule has 0 spiro atoms. The van der Waals surface area contributed by atoms with Gasteiger partial charge in [-0.3, -0.25) is 9.48 Å². The number of likely N-dealkylation sites (tertiary alicyclic amines) is 1. The van der Waals surface area contributed by atoms with E-state index in [1.807, 2.05) is 36.3 Å². The Morgan fingerprint density at radius 1 is 1.19 bits per heavy atom. The van der Waals surface area contributed by atoms with E-state index in [0.717, 1.165) is 10.6 Å². The van der Waals surface area contributed by atoms with Crippen LogP contribution in [0.15, 0.2) is 48.9 Å². The molecule has 1 aliphatic heterocycles. The quantitative estimate of drug-likeness (QED) is 0.699. The highest BCUT2D eigenvalue weighted by Gasteiger charge is 2.34. The zero-order chi connectivity index (χ0) is 17.4. The van der Waals surface area contributed by atoms with Gasteiger partial charge in [0.2, 0.25) is 0 Å². The Kier molecular flexibility index (Phi) is 7.00. The number of halogens is 2. The molecular weight excluding hydrogens is 405 g/mol. The molecule has 0 bridgehead atoms. The van der Waals surface area contributed by atoms with Crippen LogP contribution in [0.2, 0.25) is 0 Å². The van der Waals surface area contributed by atoms with Gasteiger partial charge in [0.15, 0.2) is 0 Å². The highest BCUT2D eigenvalue weighted by Crippen LogP contribution is 2.30. The van der Waals surface area contributed by atoms with E-state index < -0.39 is 0 Å². The first-order valence-electron chi connectivity index (χ1n) is 8.16. The monoisotopic (exact) mass is 425 g/mol. The lowest BCUT2D eigenvalue weighted by Gasteiger charge is -2.15. The molecule has 0 radical (unpaired) electrons. The summed E-state index contributed by atoms with van der Waals surface area (Å²) >= 11 is 1.40. The smallest absolute Gasteiger partial charge is 0.265 e. The number of hydrogen-bond acceptors (Lipinski definition) is 5. The molecule has 0 aliphatic carbocycles. The first-order valence-corrected chi connectivity index (χ1v) is 8.98. The van der Waals surface area contributed by atoms with Gasteiger partial charge in [0.05, 0.1) is 12.4 Å². The van der Waals surface area contributed by atoms with Crippen molar-refractivity contribution >= 4 is 42.1 Å². The molecule has 0 unspecified atom stereocenters. The largest absolute Gasteiger partial charge is 0.336 e. The maximum atomic E-state index is 12.8. The lowest BCUT2D eigenvalue weighted by atomic mass is 9.95. The normalized spacial score (nSPS) is 18.7. The van der Waals surface area contributed by atoms with Gasteiger partial charge >= 0.3 is 0 Å². The van der Waals surface area contributed by atoms with Crippen LogP contribution in [-0.4, -0.2) is 44.7 Å². The Morgan fingerprint density at radius 3 is 2.59 bits per heavy atom. The zero-order valence-corrected chi connectivity index (χ0v) is 17.1. The minimum Gasteiger partial charge on any atom is -0.336 e. The standard InChI is InChI=1S/C18H19N5OS.2ClH/c1-22-9-13(7-21-22)17-20-8-16(25-17)18(24)23-10-14(15(19)11-23)12-5-3-2-4-6-12;;/h2-9,14-15H,10-11,19H2,1H3;2*1H/t14-,15+;;/m0../s1. The summed E-state index contributed by atoms with van der Waals surface area (Å²) in [5.41, 5.74) is 8.41. The van der Waals surface area contributed by atoms with Crippen molar-refractivity contribution in [2.24, 2.45) is 12.8 Å². The molecule has 144 valence electrons. The first-order chi connectivity index (χ1) is 12.1. The van der Waals surface area contributed by atoms with E-state index in [2.05, 4.69) is 22.2 Å². The second-order valence-electron chi connectivity index (χ2n) is 6.32. The third-order valence-electron chi connectivity index (χ3n) is 4.55. The topological polar surface area (TPSA) is 77.0 Å². The molecule has 1 aromatic carbocycles. The number of aryl methyl sites for hydroxylation is 1. The SMILES string of the molecule is Cl.Cl.Cn1cc(-c2ncc(C(=O)N3C[C@@H](N)[C@H](c4ccccc4)C3)s2)cn1. The number of carbonyl (C=O) groups is 1. The van der Waals surface area contributed by atoms with Crippen molar-refractivity contribution in [1.82, 2.24) is 19.7 Å². The zero-order valence-electron chi connectivity index (χ0n) is 14.7. The summed E-state index contributed by atoms with van der Waals surface area (Å²) < 4.78 is 1.72. The Morgan fingerprint density at radius 2 is 1.93 bits per heavy atom. The summed E-state index contributed by atoms with van der Waals surface area (Å²) in [7, 11) is 1.86. The van der Waals surface area contributed by atoms with Gasteiger partial charge in [-0.15, -0.1) is 36.2 Å². The first kappa shape index (κ1) is 21.4. The van der Waals surface area contributed by atoms with Gasteiger partial charge in [-0.1, -0.05) is 30.3 Å². The van der Waals surface area contributed by atoms with Crippen molar-refractivity contribution in [3.8, 4) is 10.6 Å². The molecule has 2 aromatic heterocycles. The van der Waals surface area contributed by atoms with E-state index in [1.165, 1.54) is 16.9 Å². The minimum absolute atomic E-state index is 0. The summed E-state index contributed by atoms with van der Waals surface area (Å²) in [5.74, 6) is 0.178. The molecule has 2 N–H and O–H groups in total. The average Bonchev–Trinajstić information content (AvgIpc) is 3.34. The van der Waals surface area contributed by atoms with Crippen molar-refractivity contribution in [2.45, 2.75) is 12.0 Å². The number of aromatic nitrogens is 3. The third-order valence-corrected chi connectivity index (χ3v) is 5.58. The van der Waals surface area contributed by atoms with Crippen LogP contribution in [0.1, 0.15) is 21.2 Å². The maximum Gasteiger partial charge on any atom is 0.265 e. The van der Waals surface area contributed by atoms with Gasteiger partial charge in [-0.2, -0.15) is 5.10 Å². The van der Waals surface area contributed by atoms with Crippen molar-refractivity contribution < 1.29 is 4.79 Å². The molecule has 4 rings (SSSR count). The van der Waals surface area contributed by atoms with Crippen molar-refractivity contribution in [3.63, 3.8) is 0 Å². The van der Waals surface area contributed by atoms with Gasteiger partial charge < -0.3 is 10.6 Å². The van der Waals surface area contributed by atoms with Gasteiger partial charge in [0.25, 0.3) is 5.91 Å². The predicted molar refractivity (Wildman–Crippen MR) is 112 cm³/mol. The van der Waals surface area contributed by atoms with Crippen molar-refractivity contribution in [2.75, 3.05) is 13.1 Å². The fraction of sp³-hybridized carbons (Fsp3) is 0.278. The van der Waals surface area contributed by atoms with Crippen molar-refractivity contribution in [3.05, 3.63) is 59.4 Å². The highest BCUT2D eigenvalue weighted by molar-refractivity contribution is 7.16. The lowest BCUT2D eigenvalue weighted by Crippen LogP contribution is -2.31. The molecule has 27 heavy (non-hydrogen) atoms. The van der Waals surface area contributed by atoms with Gasteiger partial charge in [-0.05, 0) is 5.56 Å². The molecule has 0 saturated carbocycles. The van der Waals surface area contributed by atoms with E-state index in [-0.39, 0.29) is 42.7 Å². The molecule has 9 heteroatoms. The van der Waals surface area contributed by atoms with Gasteiger partial charge in [0, 0.05) is 43.9 Å². The summed E-state index contributed by atoms with van der Waals surface area (Å²) in [5, 5.41) is 4.95. The number of hydrogen-bond donors (Lipinski definition) is 1. The van der Waals surface area contributed by atoms with E-state index in [4.69, 9.17) is 5.73 Å². The minimum atomic E-state index is -0.0444. The number of benzene rings is 1. The van der Waals surface area contributed by atoms with Crippen LogP contribution < -0.4 is 5.73 Å². The Labute approximate surface area is 174 Å². The molecule has 1 saturated heterocycles. The van der Waals surface area contributed by atoms with Crippen LogP contribution in [0.4, 0.5) is 0 Å². The number of carbonyl (C=O) groups excluding carboxylic acids is 1. The van der Waals surface area contributed by atoms with Crippen LogP contribution in [0.3, 0.4) is 0 Å². The van der Waals surface area contributed by atoms with E-state index in [9.17, 15) is 4.79 Å². The number of nitrogens with two attached hydrogens (primary N) is 1. The molecule has 2 atom stereocenters. The fourth-order valence-electron chi connectivity index (χ4n) is 3.24. The maximum absolute atomic E-state index is 12.8. The number of amides is 1. The highest BCUT2D eigenvalue weighted by atomic mass is 35.5. The molecule has 1 fully saturated rings. The van der Waals surface area contributed by atoms with Crippen LogP contribution in [-0.2, 0) is 7.05 Å². The van der Waals surface area contributed by atoms with E-state index in [0.29, 0.717) is 18.0 Å². The van der Waals surface area contributed by atoms with Crippen molar-refractivity contribution in [1.29, 1.82) is 0 Å². The van der Waals surface area contributed by atoms with E-state index in [1.54, 1.807) is 17.1 Å². The molecular formula is C18H21Cl2N5OS. The Hall–Kier alpha value is -1.93. The van der Waals surface area contributed by atoms with E-state index >= 15 is 0 Å². The molecule has 1 amide bonds. The van der Waals surface area contributed by atoms with Crippen LogP contribution in [0.25, 0.3) is 10.6 Å². The van der Waals surface area contributed by atoms with Gasteiger partial charge in [0.1, 0.15) is 9.88 Å². The summed E-state index contributed by atoms with van der Waals surface area (Å²) in [4.78, 5) is 19.7. The second kappa shape index (κ2) is 8.84. The molecule has 1 aliphatic rings. The van der Waals surface area contributed by atoms with Gasteiger partial charge in [-0.25, -0.2) is 4.98 Å². The van der Waals surface area contributed by atoms with Crippen LogP contribution in [0, 0.1) is 0 Å². The van der Waals surface area contributed by atoms with Crippen LogP contribution >= 0.6 is 36.2 Å².